The summed E-state index contributed by atoms with van der Waals surface area (Å²) in [7, 11) is 0. The number of hydrogen-bond acceptors (Lipinski definition) is 3. The molecule has 98 valence electrons. The smallest absolute Gasteiger partial charge is 0.169 e. The molecule has 1 spiro atoms. The van der Waals surface area contributed by atoms with Crippen LogP contribution in [0.2, 0.25) is 0 Å². The van der Waals surface area contributed by atoms with Crippen LogP contribution in [0.1, 0.15) is 50.7 Å². The summed E-state index contributed by atoms with van der Waals surface area (Å²) in [6.45, 7) is 2.08. The summed E-state index contributed by atoms with van der Waals surface area (Å²) in [5.41, 5.74) is 7.90. The minimum atomic E-state index is -0.343. The number of benzene rings is 1. The molecule has 0 amide bonds. The summed E-state index contributed by atoms with van der Waals surface area (Å²) in [6.07, 6.45) is 5.77. The Hall–Kier alpha value is -1.06. The second-order valence-corrected chi connectivity index (χ2v) is 5.46. The Labute approximate surface area is 108 Å². The molecule has 1 aromatic rings. The van der Waals surface area contributed by atoms with Crippen molar-refractivity contribution >= 4 is 5.69 Å². The molecule has 2 unspecified atom stereocenters. The molecule has 2 atom stereocenters. The van der Waals surface area contributed by atoms with Crippen LogP contribution in [0.15, 0.2) is 24.3 Å². The topological polar surface area (TPSA) is 44.5 Å². The Kier molecular flexibility index (Phi) is 3.04. The summed E-state index contributed by atoms with van der Waals surface area (Å²) < 4.78 is 12.4. The van der Waals surface area contributed by atoms with Crippen LogP contribution >= 0.6 is 0 Å². The molecule has 0 aromatic heterocycles. The van der Waals surface area contributed by atoms with E-state index in [1.165, 1.54) is 19.3 Å². The predicted molar refractivity (Wildman–Crippen MR) is 71.0 cm³/mol. The number of para-hydroxylation sites is 1. The van der Waals surface area contributed by atoms with Gasteiger partial charge in [-0.15, -0.1) is 0 Å². The molecule has 0 radical (unpaired) electrons. The van der Waals surface area contributed by atoms with Crippen molar-refractivity contribution in [3.63, 3.8) is 0 Å². The Balaban J connectivity index is 1.84. The van der Waals surface area contributed by atoms with E-state index in [1.807, 2.05) is 24.3 Å². The molecule has 1 aliphatic heterocycles. The number of hydrogen-bond donors (Lipinski definition) is 1. The van der Waals surface area contributed by atoms with Gasteiger partial charge >= 0.3 is 0 Å². The maximum Gasteiger partial charge on any atom is 0.169 e. The zero-order valence-electron chi connectivity index (χ0n) is 10.9. The molecule has 1 aromatic carbocycles. The van der Waals surface area contributed by atoms with Crippen LogP contribution in [-0.2, 0) is 9.47 Å². The van der Waals surface area contributed by atoms with Crippen molar-refractivity contribution in [3.05, 3.63) is 29.8 Å². The first-order valence-corrected chi connectivity index (χ1v) is 6.90. The van der Waals surface area contributed by atoms with Gasteiger partial charge in [0.1, 0.15) is 6.10 Å². The lowest BCUT2D eigenvalue weighted by Gasteiger charge is -2.32. The van der Waals surface area contributed by atoms with Crippen LogP contribution in [0.3, 0.4) is 0 Å². The highest BCUT2D eigenvalue weighted by Gasteiger charge is 2.47. The average molecular weight is 247 g/mol. The van der Waals surface area contributed by atoms with E-state index in [1.54, 1.807) is 0 Å². The second-order valence-electron chi connectivity index (χ2n) is 5.46. The molecule has 2 fully saturated rings. The van der Waals surface area contributed by atoms with Gasteiger partial charge in [0, 0.05) is 24.1 Å². The van der Waals surface area contributed by atoms with Crippen LogP contribution < -0.4 is 5.73 Å². The van der Waals surface area contributed by atoms with Gasteiger partial charge in [-0.2, -0.15) is 0 Å². The highest BCUT2D eigenvalue weighted by atomic mass is 16.8. The van der Waals surface area contributed by atoms with E-state index in [4.69, 9.17) is 15.2 Å². The summed E-state index contributed by atoms with van der Waals surface area (Å²) in [4.78, 5) is 0. The van der Waals surface area contributed by atoms with E-state index in [0.717, 1.165) is 24.1 Å². The monoisotopic (exact) mass is 247 g/mol. The van der Waals surface area contributed by atoms with Crippen molar-refractivity contribution in [1.29, 1.82) is 0 Å². The standard InChI is InChI=1S/C15H21NO2/c1-11-14(12-7-3-4-8-13(12)16)18-15(17-11)9-5-2-6-10-15/h3-4,7-8,11,14H,2,5-6,9-10,16H2,1H3. The van der Waals surface area contributed by atoms with Crippen LogP contribution in [0.5, 0.6) is 0 Å². The lowest BCUT2D eigenvalue weighted by molar-refractivity contribution is -0.193. The summed E-state index contributed by atoms with van der Waals surface area (Å²) in [6, 6.07) is 7.93. The van der Waals surface area contributed by atoms with Gasteiger partial charge in [-0.05, 0) is 25.8 Å². The quantitative estimate of drug-likeness (QED) is 0.773. The van der Waals surface area contributed by atoms with Crippen molar-refractivity contribution in [2.24, 2.45) is 0 Å². The zero-order chi connectivity index (χ0) is 12.6. The normalized spacial score (nSPS) is 30.7. The van der Waals surface area contributed by atoms with Gasteiger partial charge in [0.15, 0.2) is 5.79 Å². The zero-order valence-corrected chi connectivity index (χ0v) is 10.9. The highest BCUT2D eigenvalue weighted by Crippen LogP contribution is 2.46. The number of ether oxygens (including phenoxy) is 2. The van der Waals surface area contributed by atoms with Crippen molar-refractivity contribution in [2.75, 3.05) is 5.73 Å². The molecule has 1 aliphatic carbocycles. The van der Waals surface area contributed by atoms with E-state index in [-0.39, 0.29) is 18.0 Å². The van der Waals surface area contributed by atoms with E-state index < -0.39 is 0 Å². The van der Waals surface area contributed by atoms with Crippen molar-refractivity contribution < 1.29 is 9.47 Å². The molecule has 3 heteroatoms. The summed E-state index contributed by atoms with van der Waals surface area (Å²) in [5, 5.41) is 0. The molecule has 1 saturated carbocycles. The Morgan fingerprint density at radius 2 is 1.83 bits per heavy atom. The first-order chi connectivity index (χ1) is 8.70. The fourth-order valence-electron chi connectivity index (χ4n) is 3.17. The molecule has 1 heterocycles. The van der Waals surface area contributed by atoms with Gasteiger partial charge in [-0.3, -0.25) is 0 Å². The lowest BCUT2D eigenvalue weighted by Crippen LogP contribution is -2.33. The molecule has 1 saturated heterocycles. The summed E-state index contributed by atoms with van der Waals surface area (Å²) in [5.74, 6) is -0.343. The highest BCUT2D eigenvalue weighted by molar-refractivity contribution is 5.48. The lowest BCUT2D eigenvalue weighted by atomic mass is 9.94. The minimum absolute atomic E-state index is 0.0238. The van der Waals surface area contributed by atoms with E-state index in [2.05, 4.69) is 6.92 Å². The fourth-order valence-corrected chi connectivity index (χ4v) is 3.17. The maximum atomic E-state index is 6.27. The molecule has 3 rings (SSSR count). The fraction of sp³-hybridized carbons (Fsp3) is 0.600. The largest absolute Gasteiger partial charge is 0.398 e. The van der Waals surface area contributed by atoms with E-state index in [9.17, 15) is 0 Å². The van der Waals surface area contributed by atoms with Crippen molar-refractivity contribution in [3.8, 4) is 0 Å². The predicted octanol–water partition coefficient (Wildman–Crippen LogP) is 3.41. The van der Waals surface area contributed by atoms with Gasteiger partial charge in [0.05, 0.1) is 6.10 Å². The summed E-state index contributed by atoms with van der Waals surface area (Å²) >= 11 is 0. The second kappa shape index (κ2) is 4.56. The van der Waals surface area contributed by atoms with Gasteiger partial charge in [0.2, 0.25) is 0 Å². The van der Waals surface area contributed by atoms with Crippen molar-refractivity contribution in [1.82, 2.24) is 0 Å². The molecule has 2 N–H and O–H groups in total. The van der Waals surface area contributed by atoms with Gasteiger partial charge in [-0.25, -0.2) is 0 Å². The van der Waals surface area contributed by atoms with Crippen molar-refractivity contribution in [2.45, 2.75) is 57.0 Å². The SMILES string of the molecule is CC1OC2(CCCCC2)OC1c1ccccc1N. The Morgan fingerprint density at radius 1 is 1.11 bits per heavy atom. The molecular formula is C15H21NO2. The van der Waals surface area contributed by atoms with E-state index in [0.29, 0.717) is 0 Å². The third kappa shape index (κ3) is 2.02. The molecule has 3 nitrogen and oxygen atoms in total. The first-order valence-electron chi connectivity index (χ1n) is 6.90. The third-order valence-corrected chi connectivity index (χ3v) is 4.09. The van der Waals surface area contributed by atoms with E-state index >= 15 is 0 Å². The molecular weight excluding hydrogens is 226 g/mol. The maximum absolute atomic E-state index is 6.27. The average Bonchev–Trinajstić information content (AvgIpc) is 2.67. The number of nitrogen functional groups attached to an aromatic ring is 1. The van der Waals surface area contributed by atoms with Gasteiger partial charge in [-0.1, -0.05) is 24.6 Å². The number of rotatable bonds is 1. The first kappa shape index (κ1) is 12.0. The molecule has 2 aliphatic rings. The van der Waals surface area contributed by atoms with Crippen LogP contribution in [0.25, 0.3) is 0 Å². The number of nitrogens with two attached hydrogens (primary N) is 1. The van der Waals surface area contributed by atoms with Crippen LogP contribution in [-0.4, -0.2) is 11.9 Å². The molecule has 18 heavy (non-hydrogen) atoms. The molecule has 0 bridgehead atoms. The Morgan fingerprint density at radius 3 is 2.56 bits per heavy atom. The van der Waals surface area contributed by atoms with Crippen LogP contribution in [0.4, 0.5) is 5.69 Å². The van der Waals surface area contributed by atoms with Gasteiger partial charge in [0.25, 0.3) is 0 Å². The third-order valence-electron chi connectivity index (χ3n) is 4.09. The van der Waals surface area contributed by atoms with Gasteiger partial charge < -0.3 is 15.2 Å². The number of anilines is 1. The van der Waals surface area contributed by atoms with Crippen LogP contribution in [0, 0.1) is 0 Å². The minimum Gasteiger partial charge on any atom is -0.398 e. The Bertz CT molecular complexity index is 426.